The number of fused-ring (bicyclic) bond motifs is 1. The third-order valence-corrected chi connectivity index (χ3v) is 4.51. The lowest BCUT2D eigenvalue weighted by atomic mass is 9.85. The van der Waals surface area contributed by atoms with Crippen LogP contribution in [-0.4, -0.2) is 36.7 Å². The van der Waals surface area contributed by atoms with Crippen molar-refractivity contribution < 1.29 is 24.3 Å². The lowest BCUT2D eigenvalue weighted by molar-refractivity contribution is 0.0983. The summed E-state index contributed by atoms with van der Waals surface area (Å²) in [7, 11) is 2.88. The molecule has 0 bridgehead atoms. The van der Waals surface area contributed by atoms with Gasteiger partial charge in [-0.05, 0) is 31.1 Å². The van der Waals surface area contributed by atoms with E-state index in [4.69, 9.17) is 9.47 Å². The first kappa shape index (κ1) is 19.7. The molecular formula is C20H25NO5. The van der Waals surface area contributed by atoms with Crippen LogP contribution in [-0.2, 0) is 0 Å². The number of ketones is 2. The van der Waals surface area contributed by atoms with Gasteiger partial charge in [0.15, 0.2) is 11.6 Å². The van der Waals surface area contributed by atoms with Gasteiger partial charge >= 0.3 is 0 Å². The van der Waals surface area contributed by atoms with Crippen molar-refractivity contribution in [2.75, 3.05) is 14.2 Å². The molecule has 0 heterocycles. The van der Waals surface area contributed by atoms with E-state index in [1.807, 2.05) is 0 Å². The molecule has 1 aromatic rings. The van der Waals surface area contributed by atoms with Gasteiger partial charge in [0.05, 0.1) is 36.6 Å². The van der Waals surface area contributed by atoms with Crippen LogP contribution < -0.4 is 9.47 Å². The highest BCUT2D eigenvalue weighted by molar-refractivity contribution is 6.37. The summed E-state index contributed by atoms with van der Waals surface area (Å²) in [5.41, 5.74) is 0.685. The Labute approximate surface area is 153 Å². The number of hydrogen-bond acceptors (Lipinski definition) is 6. The first-order valence-corrected chi connectivity index (χ1v) is 8.86. The molecule has 0 radical (unpaired) electrons. The highest BCUT2D eigenvalue weighted by atomic mass is 16.5. The minimum Gasteiger partial charge on any atom is -0.496 e. The normalized spacial score (nSPS) is 14.1. The van der Waals surface area contributed by atoms with Gasteiger partial charge in [0.1, 0.15) is 11.5 Å². The number of hydrogen-bond donors (Lipinski definition) is 1. The molecule has 0 amide bonds. The molecule has 26 heavy (non-hydrogen) atoms. The Balaban J connectivity index is 2.32. The quantitative estimate of drug-likeness (QED) is 0.309. The fourth-order valence-electron chi connectivity index (χ4n) is 3.13. The molecule has 0 aromatic heterocycles. The molecule has 0 fully saturated rings. The molecular weight excluding hydrogens is 334 g/mol. The molecule has 1 N–H and O–H groups in total. The van der Waals surface area contributed by atoms with Crippen LogP contribution in [0.5, 0.6) is 11.5 Å². The smallest absolute Gasteiger partial charge is 0.199 e. The number of Topliss-reactive ketones (excluding diaryl/α,β-unsaturated/α-hetero) is 1. The largest absolute Gasteiger partial charge is 0.496 e. The molecule has 0 atom stereocenters. The maximum Gasteiger partial charge on any atom is 0.199 e. The summed E-state index contributed by atoms with van der Waals surface area (Å²) < 4.78 is 10.5. The maximum atomic E-state index is 13.0. The molecule has 1 aliphatic carbocycles. The van der Waals surface area contributed by atoms with Crippen LogP contribution in [0.15, 0.2) is 28.9 Å². The predicted octanol–water partition coefficient (Wildman–Crippen LogP) is 4.20. The number of methoxy groups -OCH3 is 2. The third kappa shape index (κ3) is 3.95. The minimum atomic E-state index is -0.392. The van der Waals surface area contributed by atoms with Crippen molar-refractivity contribution in [2.45, 2.75) is 45.4 Å². The minimum absolute atomic E-state index is 0.118. The molecule has 1 aliphatic rings. The fourth-order valence-corrected chi connectivity index (χ4v) is 3.13. The highest BCUT2D eigenvalue weighted by Crippen LogP contribution is 2.36. The number of benzene rings is 1. The standard InChI is InChI=1S/C20H25NO5/c1-4-5-6-7-8-9-14(21-24)13-12-15(22)18-16(25-2)10-11-17(26-3)19(18)20(13)23/h10-12,24H,4-9H2,1-3H3. The molecule has 0 spiro atoms. The zero-order chi connectivity index (χ0) is 19.1. The average Bonchev–Trinajstić information content (AvgIpc) is 2.66. The van der Waals surface area contributed by atoms with Gasteiger partial charge in [-0.25, -0.2) is 0 Å². The molecule has 6 nitrogen and oxygen atoms in total. The molecule has 140 valence electrons. The van der Waals surface area contributed by atoms with E-state index in [-0.39, 0.29) is 28.2 Å². The number of allylic oxidation sites excluding steroid dienone is 2. The maximum absolute atomic E-state index is 13.0. The van der Waals surface area contributed by atoms with E-state index in [2.05, 4.69) is 12.1 Å². The number of nitrogens with zero attached hydrogens (tertiary/aromatic N) is 1. The van der Waals surface area contributed by atoms with Crippen molar-refractivity contribution in [1.82, 2.24) is 0 Å². The van der Waals surface area contributed by atoms with Crippen LogP contribution in [0, 0.1) is 0 Å². The van der Waals surface area contributed by atoms with Crippen LogP contribution in [0.3, 0.4) is 0 Å². The monoisotopic (exact) mass is 359 g/mol. The van der Waals surface area contributed by atoms with Crippen LogP contribution >= 0.6 is 0 Å². The first-order valence-electron chi connectivity index (χ1n) is 8.86. The van der Waals surface area contributed by atoms with Gasteiger partial charge in [0.25, 0.3) is 0 Å². The molecule has 2 rings (SSSR count). The second-order valence-corrected chi connectivity index (χ2v) is 6.18. The Kier molecular flexibility index (Phi) is 6.95. The van der Waals surface area contributed by atoms with E-state index in [1.165, 1.54) is 20.3 Å². The van der Waals surface area contributed by atoms with Crippen LogP contribution in [0.25, 0.3) is 0 Å². The summed E-state index contributed by atoms with van der Waals surface area (Å²) in [5.74, 6) is -0.143. The second kappa shape index (κ2) is 9.17. The Morgan fingerprint density at radius 3 is 2.19 bits per heavy atom. The van der Waals surface area contributed by atoms with E-state index in [0.717, 1.165) is 32.1 Å². The van der Waals surface area contributed by atoms with Gasteiger partial charge < -0.3 is 14.7 Å². The highest BCUT2D eigenvalue weighted by Gasteiger charge is 2.33. The number of rotatable bonds is 9. The summed E-state index contributed by atoms with van der Waals surface area (Å²) in [4.78, 5) is 25.6. The summed E-state index contributed by atoms with van der Waals surface area (Å²) in [5, 5.41) is 12.7. The zero-order valence-corrected chi connectivity index (χ0v) is 15.5. The summed E-state index contributed by atoms with van der Waals surface area (Å²) in [6, 6.07) is 3.18. The SMILES string of the molecule is CCCCCCCC(=NO)C1=CC(=O)c2c(OC)ccc(OC)c2C1=O. The topological polar surface area (TPSA) is 85.2 Å². The lowest BCUT2D eigenvalue weighted by Gasteiger charge is -2.20. The molecule has 6 heteroatoms. The van der Waals surface area contributed by atoms with Gasteiger partial charge in [-0.2, -0.15) is 0 Å². The van der Waals surface area contributed by atoms with Crippen molar-refractivity contribution in [3.63, 3.8) is 0 Å². The molecule has 0 saturated carbocycles. The van der Waals surface area contributed by atoms with E-state index in [9.17, 15) is 14.8 Å². The van der Waals surface area contributed by atoms with E-state index in [1.54, 1.807) is 12.1 Å². The van der Waals surface area contributed by atoms with E-state index >= 15 is 0 Å². The lowest BCUT2D eigenvalue weighted by Crippen LogP contribution is -2.23. The van der Waals surface area contributed by atoms with E-state index < -0.39 is 5.78 Å². The Bertz CT molecular complexity index is 749. The Hall–Kier alpha value is -2.63. The van der Waals surface area contributed by atoms with Crippen molar-refractivity contribution in [2.24, 2.45) is 5.16 Å². The van der Waals surface area contributed by atoms with Crippen LogP contribution in [0.1, 0.15) is 66.2 Å². The summed E-state index contributed by atoms with van der Waals surface area (Å²) in [6.45, 7) is 2.14. The van der Waals surface area contributed by atoms with Gasteiger partial charge in [-0.1, -0.05) is 37.8 Å². The van der Waals surface area contributed by atoms with Gasteiger partial charge in [-0.15, -0.1) is 0 Å². The van der Waals surface area contributed by atoms with Crippen molar-refractivity contribution in [3.8, 4) is 11.5 Å². The Morgan fingerprint density at radius 2 is 1.62 bits per heavy atom. The third-order valence-electron chi connectivity index (χ3n) is 4.51. The first-order chi connectivity index (χ1) is 12.6. The van der Waals surface area contributed by atoms with Crippen LogP contribution in [0.4, 0.5) is 0 Å². The number of unbranched alkanes of at least 4 members (excludes halogenated alkanes) is 4. The average molecular weight is 359 g/mol. The molecule has 1 aromatic carbocycles. The van der Waals surface area contributed by atoms with Crippen molar-refractivity contribution in [1.29, 1.82) is 0 Å². The summed E-state index contributed by atoms with van der Waals surface area (Å²) >= 11 is 0. The number of carbonyl (C=O) groups excluding carboxylic acids is 2. The van der Waals surface area contributed by atoms with Crippen LogP contribution in [0.2, 0.25) is 0 Å². The predicted molar refractivity (Wildman–Crippen MR) is 98.9 cm³/mol. The number of carbonyl (C=O) groups is 2. The van der Waals surface area contributed by atoms with E-state index in [0.29, 0.717) is 17.9 Å². The Morgan fingerprint density at radius 1 is 1.00 bits per heavy atom. The number of ether oxygens (including phenoxy) is 2. The van der Waals surface area contributed by atoms with Gasteiger partial charge in [0, 0.05) is 0 Å². The molecule has 0 saturated heterocycles. The fraction of sp³-hybridized carbons (Fsp3) is 0.450. The van der Waals surface area contributed by atoms with Gasteiger partial charge in [-0.3, -0.25) is 9.59 Å². The summed E-state index contributed by atoms with van der Waals surface area (Å²) in [6.07, 6.45) is 6.82. The van der Waals surface area contributed by atoms with Gasteiger partial charge in [0.2, 0.25) is 0 Å². The number of oxime groups is 1. The second-order valence-electron chi connectivity index (χ2n) is 6.18. The zero-order valence-electron chi connectivity index (χ0n) is 15.5. The molecule has 0 unspecified atom stereocenters. The van der Waals surface area contributed by atoms with Crippen molar-refractivity contribution in [3.05, 3.63) is 34.9 Å². The molecule has 0 aliphatic heterocycles. The van der Waals surface area contributed by atoms with Crippen molar-refractivity contribution >= 4 is 17.3 Å².